The van der Waals surface area contributed by atoms with E-state index in [1.807, 2.05) is 0 Å². The molecule has 0 aliphatic carbocycles. The molecule has 0 saturated carbocycles. The lowest BCUT2D eigenvalue weighted by molar-refractivity contribution is -0.122. The summed E-state index contributed by atoms with van der Waals surface area (Å²) >= 11 is 0. The molecule has 0 atom stereocenters. The maximum Gasteiger partial charge on any atom is 0.246 e. The lowest BCUT2D eigenvalue weighted by Gasteiger charge is -2.25. The van der Waals surface area contributed by atoms with Crippen LogP contribution in [0.5, 0.6) is 0 Å². The van der Waals surface area contributed by atoms with Crippen molar-refractivity contribution in [2.75, 3.05) is 33.4 Å². The van der Waals surface area contributed by atoms with Crippen LogP contribution in [0.4, 0.5) is 0 Å². The van der Waals surface area contributed by atoms with E-state index >= 15 is 0 Å². The molecule has 1 aromatic rings. The van der Waals surface area contributed by atoms with Crippen LogP contribution >= 0.6 is 0 Å². The Hall–Kier alpha value is -1.45. The van der Waals surface area contributed by atoms with Gasteiger partial charge < -0.3 is 10.1 Å². The van der Waals surface area contributed by atoms with E-state index in [9.17, 15) is 13.2 Å². The van der Waals surface area contributed by atoms with Crippen LogP contribution in [0.2, 0.25) is 0 Å². The van der Waals surface area contributed by atoms with Crippen molar-refractivity contribution in [1.82, 2.24) is 19.4 Å². The Morgan fingerprint density at radius 2 is 1.92 bits per heavy atom. The van der Waals surface area contributed by atoms with Gasteiger partial charge in [0.1, 0.15) is 11.4 Å². The predicted octanol–water partition coefficient (Wildman–Crippen LogP) is 0.437. The van der Waals surface area contributed by atoms with E-state index in [1.54, 1.807) is 21.0 Å². The van der Waals surface area contributed by atoms with E-state index in [-0.39, 0.29) is 17.3 Å². The summed E-state index contributed by atoms with van der Waals surface area (Å²) in [5.41, 5.74) is 0.933. The van der Waals surface area contributed by atoms with Crippen LogP contribution in [0.25, 0.3) is 0 Å². The molecule has 0 bridgehead atoms. The first-order chi connectivity index (χ1) is 11.4. The summed E-state index contributed by atoms with van der Waals surface area (Å²) < 4.78 is 33.6. The fourth-order valence-corrected chi connectivity index (χ4v) is 4.82. The molecule has 1 amide bonds. The number of ether oxygens (including phenoxy) is 1. The largest absolute Gasteiger partial charge is 0.383 e. The van der Waals surface area contributed by atoms with Gasteiger partial charge in [-0.25, -0.2) is 8.42 Å². The number of piperidine rings is 1. The van der Waals surface area contributed by atoms with Crippen molar-refractivity contribution in [3.63, 3.8) is 0 Å². The lowest BCUT2D eigenvalue weighted by atomic mass is 10.2. The zero-order chi connectivity index (χ0) is 17.7. The highest BCUT2D eigenvalue weighted by atomic mass is 32.2. The molecule has 1 saturated heterocycles. The summed E-state index contributed by atoms with van der Waals surface area (Å²) in [6, 6.07) is 0. The monoisotopic (exact) mass is 358 g/mol. The summed E-state index contributed by atoms with van der Waals surface area (Å²) in [5, 5.41) is 6.96. The van der Waals surface area contributed by atoms with E-state index in [4.69, 9.17) is 4.74 Å². The molecule has 0 radical (unpaired) electrons. The number of amides is 1. The minimum absolute atomic E-state index is 0.00803. The molecule has 0 spiro atoms. The van der Waals surface area contributed by atoms with Crippen molar-refractivity contribution >= 4 is 15.9 Å². The maximum atomic E-state index is 12.9. The highest BCUT2D eigenvalue weighted by molar-refractivity contribution is 7.89. The molecular weight excluding hydrogens is 332 g/mol. The summed E-state index contributed by atoms with van der Waals surface area (Å²) in [6.07, 6.45) is 2.83. The fourth-order valence-electron chi connectivity index (χ4n) is 2.93. The molecule has 2 heterocycles. The van der Waals surface area contributed by atoms with Crippen molar-refractivity contribution in [3.05, 3.63) is 11.4 Å². The fraction of sp³-hybridized carbons (Fsp3) is 0.733. The number of hydrogen-bond donors (Lipinski definition) is 1. The number of sulfonamides is 1. The van der Waals surface area contributed by atoms with Gasteiger partial charge in [0.05, 0.1) is 18.0 Å². The molecule has 1 aliphatic heterocycles. The van der Waals surface area contributed by atoms with Gasteiger partial charge in [-0.2, -0.15) is 9.40 Å². The van der Waals surface area contributed by atoms with Crippen LogP contribution in [0.1, 0.15) is 30.7 Å². The number of carbonyl (C=O) groups excluding carboxylic acids is 1. The zero-order valence-electron chi connectivity index (χ0n) is 14.5. The maximum absolute atomic E-state index is 12.9. The van der Waals surface area contributed by atoms with Crippen molar-refractivity contribution in [2.45, 2.75) is 44.6 Å². The third-order valence-corrected chi connectivity index (χ3v) is 6.30. The number of hydrogen-bond acceptors (Lipinski definition) is 5. The number of carbonyl (C=O) groups is 1. The summed E-state index contributed by atoms with van der Waals surface area (Å²) in [6.45, 7) is 5.28. The molecule has 1 aliphatic rings. The Balaban J connectivity index is 2.17. The third-order valence-electron chi connectivity index (χ3n) is 4.15. The summed E-state index contributed by atoms with van der Waals surface area (Å²) in [7, 11) is -2.00. The molecule has 24 heavy (non-hydrogen) atoms. The van der Waals surface area contributed by atoms with E-state index in [0.29, 0.717) is 37.6 Å². The number of methoxy groups -OCH3 is 1. The van der Waals surface area contributed by atoms with Crippen LogP contribution in [0, 0.1) is 13.8 Å². The van der Waals surface area contributed by atoms with Crippen molar-refractivity contribution in [1.29, 1.82) is 0 Å². The molecule has 8 nitrogen and oxygen atoms in total. The zero-order valence-corrected chi connectivity index (χ0v) is 15.4. The minimum atomic E-state index is -3.56. The Morgan fingerprint density at radius 1 is 1.25 bits per heavy atom. The molecule has 136 valence electrons. The van der Waals surface area contributed by atoms with Gasteiger partial charge in [-0.3, -0.25) is 9.48 Å². The first-order valence-electron chi connectivity index (χ1n) is 8.17. The van der Waals surface area contributed by atoms with Crippen molar-refractivity contribution in [2.24, 2.45) is 0 Å². The Bertz CT molecular complexity index is 678. The van der Waals surface area contributed by atoms with Crippen LogP contribution in [-0.4, -0.2) is 61.8 Å². The number of nitrogens with one attached hydrogen (secondary N) is 1. The van der Waals surface area contributed by atoms with Gasteiger partial charge in [-0.15, -0.1) is 0 Å². The van der Waals surface area contributed by atoms with Gasteiger partial charge in [-0.1, -0.05) is 6.42 Å². The second kappa shape index (κ2) is 8.09. The normalized spacial score (nSPS) is 16.3. The van der Waals surface area contributed by atoms with Gasteiger partial charge in [0.15, 0.2) is 0 Å². The third kappa shape index (κ3) is 4.14. The van der Waals surface area contributed by atoms with E-state index in [2.05, 4.69) is 10.4 Å². The standard InChI is InChI=1S/C15H26N4O4S/c1-12-15(24(21,22)18-8-5-4-6-9-18)13(2)19(17-12)11-14(20)16-7-10-23-3/h4-11H2,1-3H3,(H,16,20). The molecule has 2 rings (SSSR count). The number of rotatable bonds is 7. The second-order valence-electron chi connectivity index (χ2n) is 5.97. The highest BCUT2D eigenvalue weighted by Gasteiger charge is 2.31. The van der Waals surface area contributed by atoms with E-state index < -0.39 is 10.0 Å². The van der Waals surface area contributed by atoms with Gasteiger partial charge in [0, 0.05) is 26.7 Å². The van der Waals surface area contributed by atoms with Gasteiger partial charge in [0.25, 0.3) is 0 Å². The topological polar surface area (TPSA) is 93.5 Å². The smallest absolute Gasteiger partial charge is 0.246 e. The highest BCUT2D eigenvalue weighted by Crippen LogP contribution is 2.25. The van der Waals surface area contributed by atoms with Crippen LogP contribution < -0.4 is 5.32 Å². The van der Waals surface area contributed by atoms with Crippen LogP contribution in [0.3, 0.4) is 0 Å². The molecule has 0 aromatic carbocycles. The van der Waals surface area contributed by atoms with E-state index in [1.165, 1.54) is 8.99 Å². The molecule has 1 N–H and O–H groups in total. The van der Waals surface area contributed by atoms with Crippen molar-refractivity contribution in [3.8, 4) is 0 Å². The minimum Gasteiger partial charge on any atom is -0.383 e. The Morgan fingerprint density at radius 3 is 2.54 bits per heavy atom. The average molecular weight is 358 g/mol. The van der Waals surface area contributed by atoms with Gasteiger partial charge in [0.2, 0.25) is 15.9 Å². The quantitative estimate of drug-likeness (QED) is 0.714. The summed E-state index contributed by atoms with van der Waals surface area (Å²) in [5.74, 6) is -0.223. The van der Waals surface area contributed by atoms with Gasteiger partial charge >= 0.3 is 0 Å². The van der Waals surface area contributed by atoms with Crippen molar-refractivity contribution < 1.29 is 17.9 Å². The molecule has 0 unspecified atom stereocenters. The first-order valence-corrected chi connectivity index (χ1v) is 9.61. The number of aryl methyl sites for hydroxylation is 1. The Kier molecular flexibility index (Phi) is 6.36. The molecular formula is C15H26N4O4S. The van der Waals surface area contributed by atoms with Crippen LogP contribution in [-0.2, 0) is 26.1 Å². The summed E-state index contributed by atoms with van der Waals surface area (Å²) in [4.78, 5) is 12.2. The first kappa shape index (κ1) is 18.9. The molecule has 1 aromatic heterocycles. The molecule has 1 fully saturated rings. The number of aromatic nitrogens is 2. The van der Waals surface area contributed by atoms with Crippen LogP contribution in [0.15, 0.2) is 4.90 Å². The molecule has 9 heteroatoms. The lowest BCUT2D eigenvalue weighted by Crippen LogP contribution is -2.36. The predicted molar refractivity (Wildman–Crippen MR) is 89.2 cm³/mol. The van der Waals surface area contributed by atoms with E-state index in [0.717, 1.165) is 19.3 Å². The van der Waals surface area contributed by atoms with Gasteiger partial charge in [-0.05, 0) is 26.7 Å². The second-order valence-corrected chi connectivity index (χ2v) is 7.84. The number of nitrogens with zero attached hydrogens (tertiary/aromatic N) is 3. The Labute approximate surface area is 143 Å². The SMILES string of the molecule is COCCNC(=O)Cn1nc(C)c(S(=O)(=O)N2CCCCC2)c1C. The average Bonchev–Trinajstić information content (AvgIpc) is 2.83.